The van der Waals surface area contributed by atoms with Crippen LogP contribution in [-0.4, -0.2) is 96.2 Å². The lowest BCUT2D eigenvalue weighted by atomic mass is 9.96. The van der Waals surface area contributed by atoms with E-state index in [-0.39, 0.29) is 26.0 Å². The van der Waals surface area contributed by atoms with Gasteiger partial charge in [0.25, 0.3) is 0 Å². The van der Waals surface area contributed by atoms with E-state index in [0.29, 0.717) is 39.1 Å². The topological polar surface area (TPSA) is 149 Å². The second kappa shape index (κ2) is 20.4. The number of nitrogens with one attached hydrogen (secondary N) is 3. The first kappa shape index (κ1) is 39.4. The zero-order chi connectivity index (χ0) is 37.4. The second-order valence-corrected chi connectivity index (χ2v) is 13.6. The first-order valence-electron chi connectivity index (χ1n) is 18.6. The Kier molecular flexibility index (Phi) is 15.2. The summed E-state index contributed by atoms with van der Waals surface area (Å²) < 4.78 is 10.9. The van der Waals surface area contributed by atoms with Crippen LogP contribution in [0.3, 0.4) is 0 Å². The molecule has 5 N–H and O–H groups in total. The molecule has 4 aromatic carbocycles. The summed E-state index contributed by atoms with van der Waals surface area (Å²) in [6, 6.07) is 29.4. The lowest BCUT2D eigenvalue weighted by molar-refractivity contribution is -0.131. The molecule has 5 atom stereocenters. The monoisotopic (exact) mass is 724 g/mol. The van der Waals surface area contributed by atoms with Gasteiger partial charge in [0.1, 0.15) is 24.8 Å². The summed E-state index contributed by atoms with van der Waals surface area (Å²) in [7, 11) is 0. The van der Waals surface area contributed by atoms with Crippen molar-refractivity contribution in [3.05, 3.63) is 120 Å². The number of aliphatic hydroxyl groups excluding tert-OH is 2. The van der Waals surface area contributed by atoms with Gasteiger partial charge in [0.2, 0.25) is 11.8 Å². The van der Waals surface area contributed by atoms with Crippen molar-refractivity contribution in [1.29, 1.82) is 0 Å². The van der Waals surface area contributed by atoms with E-state index >= 15 is 0 Å². The van der Waals surface area contributed by atoms with Gasteiger partial charge in [-0.15, -0.1) is 0 Å². The molecule has 0 aromatic heterocycles. The van der Waals surface area contributed by atoms with Crippen LogP contribution in [0.25, 0.3) is 10.8 Å². The van der Waals surface area contributed by atoms with Crippen LogP contribution in [0, 0.1) is 0 Å². The fraction of sp³-hybridized carbons (Fsp3) is 0.405. The summed E-state index contributed by atoms with van der Waals surface area (Å²) in [6.07, 6.45) is -1.02. The van der Waals surface area contributed by atoms with Gasteiger partial charge in [-0.1, -0.05) is 123 Å². The highest BCUT2D eigenvalue weighted by molar-refractivity contribution is 5.92. The summed E-state index contributed by atoms with van der Waals surface area (Å²) in [4.78, 5) is 43.4. The van der Waals surface area contributed by atoms with Crippen molar-refractivity contribution in [2.45, 2.75) is 76.0 Å². The normalized spacial score (nSPS) is 16.1. The number of amides is 3. The number of unbranched alkanes of at least 4 members (excludes halogenated alkanes) is 1. The summed E-state index contributed by atoms with van der Waals surface area (Å²) in [5.41, 5.74) is 2.52. The molecular formula is C42H52N4O7. The molecule has 53 heavy (non-hydrogen) atoms. The highest BCUT2D eigenvalue weighted by Crippen LogP contribution is 2.20. The van der Waals surface area contributed by atoms with Gasteiger partial charge < -0.3 is 35.6 Å². The Balaban J connectivity index is 1.34. The van der Waals surface area contributed by atoms with Gasteiger partial charge in [0, 0.05) is 26.1 Å². The zero-order valence-electron chi connectivity index (χ0n) is 30.4. The molecule has 0 bridgehead atoms. The van der Waals surface area contributed by atoms with Gasteiger partial charge in [-0.05, 0) is 40.3 Å². The lowest BCUT2D eigenvalue weighted by Gasteiger charge is -2.34. The number of ether oxygens (including phenoxy) is 2. The van der Waals surface area contributed by atoms with Crippen molar-refractivity contribution >= 4 is 28.7 Å². The molecule has 1 aliphatic rings. The van der Waals surface area contributed by atoms with Gasteiger partial charge in [0.15, 0.2) is 0 Å². The number of rotatable bonds is 18. The molecule has 0 spiro atoms. The minimum Gasteiger partial charge on any atom is -0.445 e. The Bertz CT molecular complexity index is 1730. The SMILES string of the molecule is CCCC[C@H](NC(=O)[C@H](Cc1cccc2ccccc12)NC(=O)OCc1ccccc1)C(=O)N[C@@H](Cc1ccccc1)[C@@H](O)[C@@H](O)CN1CCOCC1. The minimum atomic E-state index is -1.29. The Morgan fingerprint density at radius 1 is 0.755 bits per heavy atom. The molecule has 1 aliphatic heterocycles. The number of nitrogens with zero attached hydrogens (tertiary/aromatic N) is 1. The van der Waals surface area contributed by atoms with Crippen LogP contribution in [0.1, 0.15) is 42.9 Å². The third-order valence-electron chi connectivity index (χ3n) is 9.59. The number of fused-ring (bicyclic) bond motifs is 1. The molecule has 1 saturated heterocycles. The molecule has 282 valence electrons. The maximum absolute atomic E-state index is 14.1. The summed E-state index contributed by atoms with van der Waals surface area (Å²) in [6.45, 7) is 4.62. The summed E-state index contributed by atoms with van der Waals surface area (Å²) in [5, 5.41) is 33.2. The van der Waals surface area contributed by atoms with Crippen molar-refractivity contribution in [3.8, 4) is 0 Å². The fourth-order valence-electron chi connectivity index (χ4n) is 6.59. The number of β-amino-alcohol motifs (C(OH)–C–C–N with tert-alkyl or cyclic N) is 1. The Morgan fingerprint density at radius 3 is 2.11 bits per heavy atom. The van der Waals surface area contributed by atoms with Crippen molar-refractivity contribution in [3.63, 3.8) is 0 Å². The predicted octanol–water partition coefficient (Wildman–Crippen LogP) is 4.13. The summed E-state index contributed by atoms with van der Waals surface area (Å²) in [5.74, 6) is -1.03. The standard InChI is InChI=1S/C42H52N4O7/c1-2-3-21-35(40(49)44-36(26-30-13-6-4-7-14-30)39(48)38(47)28-46-22-24-52-25-23-46)43-41(50)37(45-42(51)53-29-31-15-8-5-9-16-31)27-33-19-12-18-32-17-10-11-20-34(32)33/h4-20,35-39,47-48H,2-3,21-29H2,1H3,(H,43,50)(H,44,49)(H,45,51)/t35-,36-,37-,38-,39+/m0/s1. The highest BCUT2D eigenvalue weighted by Gasteiger charge is 2.33. The number of alkyl carbamates (subject to hydrolysis) is 1. The molecule has 4 aromatic rings. The minimum absolute atomic E-state index is 0.0271. The van der Waals surface area contributed by atoms with E-state index in [4.69, 9.17) is 9.47 Å². The highest BCUT2D eigenvalue weighted by atomic mass is 16.5. The number of morpholine rings is 1. The molecule has 0 radical (unpaired) electrons. The predicted molar refractivity (Wildman–Crippen MR) is 204 cm³/mol. The number of hydrogen-bond acceptors (Lipinski definition) is 8. The van der Waals surface area contributed by atoms with Crippen LogP contribution in [0.15, 0.2) is 103 Å². The molecule has 0 saturated carbocycles. The first-order valence-corrected chi connectivity index (χ1v) is 18.6. The largest absolute Gasteiger partial charge is 0.445 e. The molecule has 11 heteroatoms. The number of hydrogen-bond donors (Lipinski definition) is 5. The molecule has 1 heterocycles. The molecule has 0 unspecified atom stereocenters. The van der Waals surface area contributed by atoms with Crippen LogP contribution in [-0.2, 0) is 38.5 Å². The fourth-order valence-corrected chi connectivity index (χ4v) is 6.59. The van der Waals surface area contributed by atoms with E-state index in [2.05, 4.69) is 16.0 Å². The lowest BCUT2D eigenvalue weighted by Crippen LogP contribution is -2.59. The quantitative estimate of drug-likeness (QED) is 0.103. The van der Waals surface area contributed by atoms with Crippen LogP contribution in [0.5, 0.6) is 0 Å². The van der Waals surface area contributed by atoms with Gasteiger partial charge in [-0.2, -0.15) is 0 Å². The van der Waals surface area contributed by atoms with Crippen molar-refractivity contribution < 1.29 is 34.1 Å². The Morgan fingerprint density at radius 2 is 1.40 bits per heavy atom. The van der Waals surface area contributed by atoms with Crippen molar-refractivity contribution in [2.24, 2.45) is 0 Å². The van der Waals surface area contributed by atoms with Crippen LogP contribution >= 0.6 is 0 Å². The smallest absolute Gasteiger partial charge is 0.408 e. The number of benzene rings is 4. The van der Waals surface area contributed by atoms with Gasteiger partial charge in [0.05, 0.1) is 25.4 Å². The van der Waals surface area contributed by atoms with E-state index in [0.717, 1.165) is 33.9 Å². The van der Waals surface area contributed by atoms with E-state index in [9.17, 15) is 24.6 Å². The third-order valence-corrected chi connectivity index (χ3v) is 9.59. The van der Waals surface area contributed by atoms with Crippen molar-refractivity contribution in [1.82, 2.24) is 20.9 Å². The molecule has 0 aliphatic carbocycles. The number of carbonyl (C=O) groups is 3. The maximum atomic E-state index is 14.1. The molecule has 11 nitrogen and oxygen atoms in total. The number of carbonyl (C=O) groups excluding carboxylic acids is 3. The third kappa shape index (κ3) is 12.1. The summed E-state index contributed by atoms with van der Waals surface area (Å²) >= 11 is 0. The Hall–Kier alpha value is -4.81. The molecule has 1 fully saturated rings. The van der Waals surface area contributed by atoms with Crippen LogP contribution < -0.4 is 16.0 Å². The van der Waals surface area contributed by atoms with Gasteiger partial charge >= 0.3 is 6.09 Å². The molecular weight excluding hydrogens is 672 g/mol. The van der Waals surface area contributed by atoms with E-state index in [1.807, 2.05) is 115 Å². The average Bonchev–Trinajstić information content (AvgIpc) is 3.19. The Labute approximate surface area is 311 Å². The van der Waals surface area contributed by atoms with Crippen LogP contribution in [0.2, 0.25) is 0 Å². The van der Waals surface area contributed by atoms with Gasteiger partial charge in [-0.3, -0.25) is 14.5 Å². The first-order chi connectivity index (χ1) is 25.8. The second-order valence-electron chi connectivity index (χ2n) is 13.6. The van der Waals surface area contributed by atoms with Gasteiger partial charge in [-0.25, -0.2) is 4.79 Å². The average molecular weight is 725 g/mol. The van der Waals surface area contributed by atoms with Crippen molar-refractivity contribution in [2.75, 3.05) is 32.8 Å². The van der Waals surface area contributed by atoms with Crippen LogP contribution in [0.4, 0.5) is 4.79 Å². The number of aliphatic hydroxyl groups is 2. The molecule has 5 rings (SSSR count). The maximum Gasteiger partial charge on any atom is 0.408 e. The van der Waals surface area contributed by atoms with E-state index < -0.39 is 48.2 Å². The van der Waals surface area contributed by atoms with E-state index in [1.165, 1.54) is 0 Å². The zero-order valence-corrected chi connectivity index (χ0v) is 30.4. The van der Waals surface area contributed by atoms with E-state index in [1.54, 1.807) is 0 Å². The molecule has 3 amide bonds.